The first-order valence-corrected chi connectivity index (χ1v) is 8.57. The van der Waals surface area contributed by atoms with Gasteiger partial charge in [0.2, 0.25) is 0 Å². The number of guanidine groups is 1. The van der Waals surface area contributed by atoms with Gasteiger partial charge < -0.3 is 20.1 Å². The number of ether oxygens (including phenoxy) is 2. The van der Waals surface area contributed by atoms with Crippen molar-refractivity contribution >= 4 is 29.9 Å². The van der Waals surface area contributed by atoms with E-state index in [1.54, 1.807) is 7.05 Å². The molecule has 142 valence electrons. The lowest BCUT2D eigenvalue weighted by Crippen LogP contribution is -2.56. The molecule has 1 aromatic carbocycles. The molecule has 1 saturated heterocycles. The third kappa shape index (κ3) is 7.79. The number of nitrogens with zero attached hydrogens (tertiary/aromatic N) is 2. The number of hydrogen-bond acceptors (Lipinski definition) is 4. The normalized spacial score (nSPS) is 16.0. The van der Waals surface area contributed by atoms with Crippen molar-refractivity contribution in [3.8, 4) is 5.75 Å². The molecule has 1 fully saturated rings. The minimum Gasteiger partial charge on any atom is -0.492 e. The van der Waals surface area contributed by atoms with Crippen molar-refractivity contribution in [2.24, 2.45) is 4.99 Å². The molecule has 2 rings (SSSR count). The van der Waals surface area contributed by atoms with Crippen molar-refractivity contribution in [2.75, 3.05) is 53.0 Å². The van der Waals surface area contributed by atoms with Crippen molar-refractivity contribution < 1.29 is 9.47 Å². The average molecular weight is 462 g/mol. The summed E-state index contributed by atoms with van der Waals surface area (Å²) in [4.78, 5) is 6.73. The zero-order valence-electron chi connectivity index (χ0n) is 15.5. The molecule has 0 saturated carbocycles. The van der Waals surface area contributed by atoms with Gasteiger partial charge in [-0.2, -0.15) is 0 Å². The van der Waals surface area contributed by atoms with Gasteiger partial charge >= 0.3 is 0 Å². The average Bonchev–Trinajstić information content (AvgIpc) is 2.63. The van der Waals surface area contributed by atoms with Crippen LogP contribution in [-0.4, -0.2) is 69.4 Å². The predicted molar refractivity (Wildman–Crippen MR) is 113 cm³/mol. The molecular weight excluding hydrogens is 431 g/mol. The van der Waals surface area contributed by atoms with Gasteiger partial charge in [0.1, 0.15) is 12.4 Å². The summed E-state index contributed by atoms with van der Waals surface area (Å²) in [5, 5.41) is 6.69. The fourth-order valence-corrected chi connectivity index (χ4v) is 2.66. The Morgan fingerprint density at radius 2 is 1.88 bits per heavy atom. The van der Waals surface area contributed by atoms with Gasteiger partial charge in [-0.05, 0) is 26.0 Å². The molecule has 1 aliphatic rings. The maximum Gasteiger partial charge on any atom is 0.191 e. The van der Waals surface area contributed by atoms with Crippen LogP contribution in [0.2, 0.25) is 0 Å². The van der Waals surface area contributed by atoms with E-state index in [0.29, 0.717) is 13.2 Å². The Morgan fingerprint density at radius 1 is 1.20 bits per heavy atom. The second-order valence-corrected chi connectivity index (χ2v) is 6.43. The van der Waals surface area contributed by atoms with Crippen molar-refractivity contribution in [3.05, 3.63) is 30.3 Å². The van der Waals surface area contributed by atoms with Crippen LogP contribution in [0.3, 0.4) is 0 Å². The molecule has 25 heavy (non-hydrogen) atoms. The summed E-state index contributed by atoms with van der Waals surface area (Å²) in [5.74, 6) is 1.68. The Balaban J connectivity index is 0.00000312. The van der Waals surface area contributed by atoms with Crippen molar-refractivity contribution in [1.82, 2.24) is 15.5 Å². The summed E-state index contributed by atoms with van der Waals surface area (Å²) >= 11 is 0. The van der Waals surface area contributed by atoms with Crippen LogP contribution in [0.1, 0.15) is 13.8 Å². The van der Waals surface area contributed by atoms with E-state index in [2.05, 4.69) is 34.4 Å². The SMILES string of the molecule is CN=C(NCCOc1ccccc1)NCC(C)(C)N1CCOCC1.I. The molecule has 0 aromatic heterocycles. The standard InChI is InChI=1S/C18H30N4O2.HI/c1-18(2,22-10-13-23-14-11-22)15-21-17(19-3)20-9-12-24-16-7-5-4-6-8-16;/h4-8H,9-15H2,1-3H3,(H2,19,20,21);1H. The number of hydrogen-bond donors (Lipinski definition) is 2. The minimum absolute atomic E-state index is 0. The number of halogens is 1. The Kier molecular flexibility index (Phi) is 10.1. The Labute approximate surface area is 168 Å². The first-order chi connectivity index (χ1) is 11.6. The molecule has 0 spiro atoms. The van der Waals surface area contributed by atoms with E-state index < -0.39 is 0 Å². The topological polar surface area (TPSA) is 58.1 Å². The van der Waals surface area contributed by atoms with Gasteiger partial charge in [0.15, 0.2) is 5.96 Å². The molecule has 0 unspecified atom stereocenters. The highest BCUT2D eigenvalue weighted by Gasteiger charge is 2.28. The number of morpholine rings is 1. The molecule has 7 heteroatoms. The Morgan fingerprint density at radius 3 is 2.52 bits per heavy atom. The molecule has 1 aromatic rings. The number of nitrogens with one attached hydrogen (secondary N) is 2. The number of aliphatic imine (C=N–C) groups is 1. The van der Waals surface area contributed by atoms with Crippen molar-refractivity contribution in [2.45, 2.75) is 19.4 Å². The molecule has 2 N–H and O–H groups in total. The monoisotopic (exact) mass is 462 g/mol. The third-order valence-corrected chi connectivity index (χ3v) is 4.19. The zero-order valence-corrected chi connectivity index (χ0v) is 17.8. The lowest BCUT2D eigenvalue weighted by atomic mass is 10.0. The molecule has 1 heterocycles. The molecule has 0 aliphatic carbocycles. The van der Waals surface area contributed by atoms with E-state index in [1.807, 2.05) is 30.3 Å². The summed E-state index contributed by atoms with van der Waals surface area (Å²) in [7, 11) is 1.79. The maximum atomic E-state index is 5.67. The van der Waals surface area contributed by atoms with Crippen LogP contribution < -0.4 is 15.4 Å². The largest absolute Gasteiger partial charge is 0.492 e. The second-order valence-electron chi connectivity index (χ2n) is 6.43. The lowest BCUT2D eigenvalue weighted by Gasteiger charge is -2.41. The second kappa shape index (κ2) is 11.5. The lowest BCUT2D eigenvalue weighted by molar-refractivity contribution is -0.00834. The summed E-state index contributed by atoms with van der Waals surface area (Å²) < 4.78 is 11.1. The van der Waals surface area contributed by atoms with Crippen LogP contribution in [0.5, 0.6) is 5.75 Å². The van der Waals surface area contributed by atoms with Crippen molar-refractivity contribution in [3.63, 3.8) is 0 Å². The predicted octanol–water partition coefficient (Wildman–Crippen LogP) is 1.96. The zero-order chi connectivity index (χ0) is 17.3. The first kappa shape index (κ1) is 22.0. The number of benzene rings is 1. The minimum atomic E-state index is 0. The molecule has 0 bridgehead atoms. The molecule has 0 atom stereocenters. The van der Waals surface area contributed by atoms with Crippen LogP contribution in [-0.2, 0) is 4.74 Å². The van der Waals surface area contributed by atoms with Gasteiger partial charge in [-0.3, -0.25) is 9.89 Å². The molecule has 6 nitrogen and oxygen atoms in total. The molecule has 0 amide bonds. The van der Waals surface area contributed by atoms with E-state index in [9.17, 15) is 0 Å². The smallest absolute Gasteiger partial charge is 0.191 e. The van der Waals surface area contributed by atoms with E-state index in [1.165, 1.54) is 0 Å². The highest BCUT2D eigenvalue weighted by atomic mass is 127. The number of rotatable bonds is 7. The van der Waals surface area contributed by atoms with Gasteiger partial charge in [-0.15, -0.1) is 24.0 Å². The van der Waals surface area contributed by atoms with Gasteiger partial charge in [0.05, 0.1) is 19.8 Å². The van der Waals surface area contributed by atoms with Crippen LogP contribution in [0, 0.1) is 0 Å². The van der Waals surface area contributed by atoms with Crippen LogP contribution in [0.25, 0.3) is 0 Å². The fraction of sp³-hybridized carbons (Fsp3) is 0.611. The first-order valence-electron chi connectivity index (χ1n) is 8.57. The highest BCUT2D eigenvalue weighted by molar-refractivity contribution is 14.0. The van der Waals surface area contributed by atoms with Crippen LogP contribution in [0.15, 0.2) is 35.3 Å². The summed E-state index contributed by atoms with van der Waals surface area (Å²) in [6, 6.07) is 9.83. The highest BCUT2D eigenvalue weighted by Crippen LogP contribution is 2.14. The number of para-hydroxylation sites is 1. The summed E-state index contributed by atoms with van der Waals surface area (Å²) in [6.07, 6.45) is 0. The Bertz CT molecular complexity index is 505. The third-order valence-electron chi connectivity index (χ3n) is 4.19. The summed E-state index contributed by atoms with van der Waals surface area (Å²) in [6.45, 7) is 10.2. The Hall–Kier alpha value is -1.06. The van der Waals surface area contributed by atoms with Crippen LogP contribution in [0.4, 0.5) is 0 Å². The quantitative estimate of drug-likeness (QED) is 0.281. The van der Waals surface area contributed by atoms with E-state index in [4.69, 9.17) is 9.47 Å². The van der Waals surface area contributed by atoms with Gasteiger partial charge in [-0.1, -0.05) is 18.2 Å². The maximum absolute atomic E-state index is 5.67. The van der Waals surface area contributed by atoms with E-state index in [-0.39, 0.29) is 29.5 Å². The van der Waals surface area contributed by atoms with Crippen molar-refractivity contribution in [1.29, 1.82) is 0 Å². The fourth-order valence-electron chi connectivity index (χ4n) is 2.66. The summed E-state index contributed by atoms with van der Waals surface area (Å²) in [5.41, 5.74) is 0.0575. The van der Waals surface area contributed by atoms with Gasteiger partial charge in [0.25, 0.3) is 0 Å². The van der Waals surface area contributed by atoms with Gasteiger partial charge in [0, 0.05) is 32.2 Å². The molecule has 1 aliphatic heterocycles. The van der Waals surface area contributed by atoms with Gasteiger partial charge in [-0.25, -0.2) is 0 Å². The molecular formula is C18H31IN4O2. The van der Waals surface area contributed by atoms with E-state index in [0.717, 1.165) is 44.6 Å². The van der Waals surface area contributed by atoms with Crippen LogP contribution >= 0.6 is 24.0 Å². The van der Waals surface area contributed by atoms with E-state index >= 15 is 0 Å². The molecule has 0 radical (unpaired) electrons.